The second-order valence-electron chi connectivity index (χ2n) is 9.32. The van der Waals surface area contributed by atoms with Gasteiger partial charge >= 0.3 is 12.3 Å². The van der Waals surface area contributed by atoms with Crippen molar-refractivity contribution >= 4 is 17.9 Å². The molecule has 4 aromatic rings. The van der Waals surface area contributed by atoms with Gasteiger partial charge in [0.15, 0.2) is 11.4 Å². The molecule has 3 amide bonds. The smallest absolute Gasteiger partial charge is 0.416 e. The number of benzene rings is 1. The number of alkyl halides is 3. The van der Waals surface area contributed by atoms with Crippen LogP contribution in [0.5, 0.6) is 0 Å². The first kappa shape index (κ1) is 30.6. The molecule has 43 heavy (non-hydrogen) atoms. The van der Waals surface area contributed by atoms with Crippen LogP contribution in [0.2, 0.25) is 0 Å². The Kier molecular flexibility index (Phi) is 9.98. The van der Waals surface area contributed by atoms with Crippen LogP contribution in [0.25, 0.3) is 0 Å². The van der Waals surface area contributed by atoms with Crippen molar-refractivity contribution in [1.29, 1.82) is 0 Å². The van der Waals surface area contributed by atoms with E-state index in [1.54, 1.807) is 18.2 Å². The molecule has 226 valence electrons. The van der Waals surface area contributed by atoms with Crippen molar-refractivity contribution in [2.75, 3.05) is 0 Å². The lowest BCUT2D eigenvalue weighted by Crippen LogP contribution is -2.24. The van der Waals surface area contributed by atoms with Crippen molar-refractivity contribution in [1.82, 2.24) is 50.9 Å². The van der Waals surface area contributed by atoms with Crippen LogP contribution in [0.15, 0.2) is 55.0 Å². The van der Waals surface area contributed by atoms with Gasteiger partial charge in [0.25, 0.3) is 11.8 Å². The van der Waals surface area contributed by atoms with Crippen LogP contribution < -0.4 is 16.0 Å². The number of nitrogens with one attached hydrogen (secondary N) is 3. The maximum Gasteiger partial charge on any atom is 0.416 e. The highest BCUT2D eigenvalue weighted by Crippen LogP contribution is 2.28. The van der Waals surface area contributed by atoms with Gasteiger partial charge in [-0.2, -0.15) is 13.2 Å². The Morgan fingerprint density at radius 2 is 1.35 bits per heavy atom. The number of carboxylic acid groups (broad SMARTS) is 1. The van der Waals surface area contributed by atoms with E-state index >= 15 is 0 Å². The molecular weight excluding hydrogens is 573 g/mol. The normalized spacial score (nSPS) is 11.2. The number of rotatable bonds is 13. The van der Waals surface area contributed by atoms with Gasteiger partial charge in [-0.3, -0.25) is 23.9 Å². The van der Waals surface area contributed by atoms with E-state index in [1.165, 1.54) is 21.8 Å². The van der Waals surface area contributed by atoms with Crippen LogP contribution in [0, 0.1) is 0 Å². The van der Waals surface area contributed by atoms with Crippen molar-refractivity contribution in [3.8, 4) is 0 Å². The molecule has 0 aliphatic heterocycles. The number of aromatic nitrogens is 7. The number of carbonyl (C=O) groups excluding carboxylic acids is 2. The molecule has 0 radical (unpaired) electrons. The number of carbonyl (C=O) groups is 3. The van der Waals surface area contributed by atoms with Crippen LogP contribution >= 0.6 is 0 Å². The first-order valence-corrected chi connectivity index (χ1v) is 13.0. The van der Waals surface area contributed by atoms with Gasteiger partial charge in [0, 0.05) is 32.4 Å². The number of aryl methyl sites for hydroxylation is 2. The Morgan fingerprint density at radius 3 is 1.91 bits per heavy atom. The third kappa shape index (κ3) is 9.34. The lowest BCUT2D eigenvalue weighted by molar-refractivity contribution is -0.137. The fraction of sp³-hybridized carbons (Fsp3) is 0.308. The second kappa shape index (κ2) is 14.0. The molecule has 0 saturated carbocycles. The summed E-state index contributed by atoms with van der Waals surface area (Å²) in [5.74, 6) is -1.00. The third-order valence-electron chi connectivity index (χ3n) is 6.03. The third-order valence-corrected chi connectivity index (χ3v) is 6.03. The molecule has 0 fully saturated rings. The summed E-state index contributed by atoms with van der Waals surface area (Å²) in [5, 5.41) is 31.8. The summed E-state index contributed by atoms with van der Waals surface area (Å²) in [5.41, 5.74) is 0.930. The van der Waals surface area contributed by atoms with Crippen molar-refractivity contribution < 1.29 is 32.7 Å². The van der Waals surface area contributed by atoms with Gasteiger partial charge in [0.05, 0.1) is 30.2 Å². The highest BCUT2D eigenvalue weighted by Gasteiger charge is 2.30. The highest BCUT2D eigenvalue weighted by molar-refractivity contribution is 5.92. The van der Waals surface area contributed by atoms with Gasteiger partial charge < -0.3 is 21.1 Å². The SMILES string of the molecule is O=C(O)NCc1cccc(CNC(=O)c2cn(CCCCn3cc(C(=O)NCc4cc(C(F)(F)F)ccn4)nn3)nn2)c1. The minimum absolute atomic E-state index is 0.0163. The molecule has 3 aromatic heterocycles. The highest BCUT2D eigenvalue weighted by atomic mass is 19.4. The van der Waals surface area contributed by atoms with Gasteiger partial charge in [-0.15, -0.1) is 10.2 Å². The number of unbranched alkanes of at least 4 members (excludes halogenated alkanes) is 1. The van der Waals surface area contributed by atoms with E-state index in [0.717, 1.165) is 29.5 Å². The topological polar surface area (TPSA) is 182 Å². The van der Waals surface area contributed by atoms with Gasteiger partial charge in [0.2, 0.25) is 0 Å². The van der Waals surface area contributed by atoms with Gasteiger partial charge in [-0.1, -0.05) is 34.7 Å². The molecule has 0 saturated heterocycles. The Bertz CT molecular complexity index is 1570. The molecule has 0 aliphatic rings. The molecule has 4 N–H and O–H groups in total. The zero-order valence-electron chi connectivity index (χ0n) is 22.6. The molecule has 0 bridgehead atoms. The number of amides is 3. The monoisotopic (exact) mass is 600 g/mol. The van der Waals surface area contributed by atoms with Crippen molar-refractivity contribution in [2.24, 2.45) is 0 Å². The van der Waals surface area contributed by atoms with E-state index in [-0.39, 0.29) is 36.7 Å². The average molecular weight is 601 g/mol. The van der Waals surface area contributed by atoms with Crippen molar-refractivity contribution in [2.45, 2.75) is 51.7 Å². The molecule has 1 aromatic carbocycles. The molecule has 0 unspecified atom stereocenters. The number of halogens is 3. The zero-order chi connectivity index (χ0) is 30.8. The first-order valence-electron chi connectivity index (χ1n) is 13.0. The minimum Gasteiger partial charge on any atom is -0.465 e. The summed E-state index contributed by atoms with van der Waals surface area (Å²) < 4.78 is 41.5. The largest absolute Gasteiger partial charge is 0.465 e. The van der Waals surface area contributed by atoms with E-state index < -0.39 is 29.6 Å². The Hall–Kier alpha value is -5.35. The van der Waals surface area contributed by atoms with Crippen molar-refractivity contribution in [3.63, 3.8) is 0 Å². The molecular formula is C26H27F3N10O4. The fourth-order valence-corrected chi connectivity index (χ4v) is 3.88. The zero-order valence-corrected chi connectivity index (χ0v) is 22.6. The average Bonchev–Trinajstić information content (AvgIpc) is 3.66. The number of pyridine rings is 1. The van der Waals surface area contributed by atoms with Gasteiger partial charge in [0.1, 0.15) is 0 Å². The molecule has 17 heteroatoms. The molecule has 14 nitrogen and oxygen atoms in total. The Labute approximate surface area is 242 Å². The molecule has 0 atom stereocenters. The molecule has 0 spiro atoms. The van der Waals surface area contributed by atoms with E-state index in [9.17, 15) is 27.6 Å². The predicted octanol–water partition coefficient (Wildman–Crippen LogP) is 2.39. The van der Waals surface area contributed by atoms with Gasteiger partial charge in [-0.25, -0.2) is 4.79 Å². The fourth-order valence-electron chi connectivity index (χ4n) is 3.88. The van der Waals surface area contributed by atoms with E-state index in [0.29, 0.717) is 25.9 Å². The summed E-state index contributed by atoms with van der Waals surface area (Å²) in [6.45, 7) is 1.10. The summed E-state index contributed by atoms with van der Waals surface area (Å²) >= 11 is 0. The van der Waals surface area contributed by atoms with E-state index in [2.05, 4.69) is 41.6 Å². The van der Waals surface area contributed by atoms with Gasteiger partial charge in [-0.05, 0) is 36.1 Å². The second-order valence-corrected chi connectivity index (χ2v) is 9.32. The minimum atomic E-state index is -4.51. The quantitative estimate of drug-likeness (QED) is 0.168. The Morgan fingerprint density at radius 1 is 0.791 bits per heavy atom. The number of hydrogen-bond acceptors (Lipinski definition) is 8. The summed E-state index contributed by atoms with van der Waals surface area (Å²) in [6.07, 6.45) is -0.329. The predicted molar refractivity (Wildman–Crippen MR) is 142 cm³/mol. The lowest BCUT2D eigenvalue weighted by atomic mass is 10.1. The van der Waals surface area contributed by atoms with E-state index in [4.69, 9.17) is 5.11 Å². The molecule has 4 rings (SSSR count). The van der Waals surface area contributed by atoms with Crippen molar-refractivity contribution in [3.05, 3.63) is 88.8 Å². The Balaban J connectivity index is 1.16. The summed E-state index contributed by atoms with van der Waals surface area (Å²) in [4.78, 5) is 39.3. The number of hydrogen-bond donors (Lipinski definition) is 4. The molecule has 3 heterocycles. The van der Waals surface area contributed by atoms with Crippen LogP contribution in [0.4, 0.5) is 18.0 Å². The van der Waals surface area contributed by atoms with Crippen LogP contribution in [0.1, 0.15) is 56.2 Å². The maximum absolute atomic E-state index is 12.8. The maximum atomic E-state index is 12.8. The first-order chi connectivity index (χ1) is 20.6. The lowest BCUT2D eigenvalue weighted by Gasteiger charge is -2.08. The summed E-state index contributed by atoms with van der Waals surface area (Å²) in [7, 11) is 0. The van der Waals surface area contributed by atoms with Crippen LogP contribution in [0.3, 0.4) is 0 Å². The van der Waals surface area contributed by atoms with Crippen LogP contribution in [-0.4, -0.2) is 58.0 Å². The molecule has 0 aliphatic carbocycles. The standard InChI is InChI=1S/C26H27F3N10O4/c27-26(28,29)19-6-7-30-20(11-19)14-32-24(41)22-16-39(37-35-22)9-2-1-8-38-15-21(34-36-38)23(40)31-12-17-4-3-5-18(10-17)13-33-25(42)43/h3-7,10-11,15-16,33H,1-2,8-9,12-14H2,(H,31,40)(H,32,41)(H,42,43). The van der Waals surface area contributed by atoms with E-state index in [1.807, 2.05) is 6.07 Å². The van der Waals surface area contributed by atoms with Crippen LogP contribution in [-0.2, 0) is 38.9 Å². The summed E-state index contributed by atoms with van der Waals surface area (Å²) in [6, 6.07) is 8.87. The number of nitrogens with zero attached hydrogens (tertiary/aromatic N) is 7.